The summed E-state index contributed by atoms with van der Waals surface area (Å²) in [7, 11) is 1.59. The van der Waals surface area contributed by atoms with Crippen molar-refractivity contribution in [3.8, 4) is 0 Å². The Labute approximate surface area is 176 Å². The molecule has 0 radical (unpaired) electrons. The minimum absolute atomic E-state index is 0.341. The first kappa shape index (κ1) is 21.0. The molecule has 0 unspecified atom stereocenters. The number of H-pyrrole nitrogens is 1. The van der Waals surface area contributed by atoms with Gasteiger partial charge in [-0.25, -0.2) is 10.2 Å². The highest BCUT2D eigenvalue weighted by Crippen LogP contribution is 2.17. The summed E-state index contributed by atoms with van der Waals surface area (Å²) in [5.74, 6) is 0.440. The van der Waals surface area contributed by atoms with Gasteiger partial charge in [0.25, 0.3) is 5.56 Å². The van der Waals surface area contributed by atoms with Crippen LogP contribution in [0.2, 0.25) is 0 Å². The van der Waals surface area contributed by atoms with E-state index in [0.29, 0.717) is 23.7 Å². The number of nitrogens with zero attached hydrogens (tertiary/aromatic N) is 4. The third kappa shape index (κ3) is 5.03. The molecular weight excluding hydrogens is 436 g/mol. The van der Waals surface area contributed by atoms with Crippen LogP contribution < -0.4 is 16.7 Å². The number of benzene rings is 1. The van der Waals surface area contributed by atoms with Crippen LogP contribution in [0.4, 0.5) is 5.95 Å². The molecule has 1 aromatic carbocycles. The maximum atomic E-state index is 12.4. The van der Waals surface area contributed by atoms with Gasteiger partial charge in [0.15, 0.2) is 11.2 Å². The average molecular weight is 461 g/mol. The second-order valence-corrected chi connectivity index (χ2v) is 7.83. The Morgan fingerprint density at radius 2 is 1.90 bits per heavy atom. The van der Waals surface area contributed by atoms with Crippen molar-refractivity contribution in [1.29, 1.82) is 0 Å². The van der Waals surface area contributed by atoms with Gasteiger partial charge in [-0.05, 0) is 24.1 Å². The maximum Gasteiger partial charge on any atom is 0.329 e. The van der Waals surface area contributed by atoms with E-state index in [2.05, 4.69) is 43.3 Å². The highest BCUT2D eigenvalue weighted by molar-refractivity contribution is 9.10. The third-order valence-electron chi connectivity index (χ3n) is 4.74. The van der Waals surface area contributed by atoms with Gasteiger partial charge < -0.3 is 4.57 Å². The van der Waals surface area contributed by atoms with Crippen LogP contribution in [0.3, 0.4) is 0 Å². The van der Waals surface area contributed by atoms with Crippen molar-refractivity contribution in [2.45, 2.75) is 45.6 Å². The van der Waals surface area contributed by atoms with Crippen molar-refractivity contribution in [1.82, 2.24) is 19.1 Å². The third-order valence-corrected chi connectivity index (χ3v) is 5.27. The minimum atomic E-state index is -0.486. The normalized spacial score (nSPS) is 11.6. The standard InChI is InChI=1S/C20H25BrN6O2/c1-3-4-5-6-7-12-27-16-17(26(2)20(29)24-18(16)28)23-19(27)25-22-13-14-8-10-15(21)11-9-14/h8-11,13H,3-7,12H2,1-2H3,(H,23,25)(H,24,28,29)/b22-13+. The van der Waals surface area contributed by atoms with Gasteiger partial charge in [0, 0.05) is 18.1 Å². The monoisotopic (exact) mass is 460 g/mol. The summed E-state index contributed by atoms with van der Waals surface area (Å²) < 4.78 is 4.14. The van der Waals surface area contributed by atoms with Crippen molar-refractivity contribution >= 4 is 39.3 Å². The zero-order valence-electron chi connectivity index (χ0n) is 16.6. The highest BCUT2D eigenvalue weighted by Gasteiger charge is 2.16. The zero-order chi connectivity index (χ0) is 20.8. The number of aromatic nitrogens is 4. The number of nitrogens with one attached hydrogen (secondary N) is 2. The van der Waals surface area contributed by atoms with E-state index in [0.717, 1.165) is 29.3 Å². The van der Waals surface area contributed by atoms with Crippen LogP contribution in [0.1, 0.15) is 44.6 Å². The lowest BCUT2D eigenvalue weighted by Crippen LogP contribution is -2.29. The molecule has 3 rings (SSSR count). The summed E-state index contributed by atoms with van der Waals surface area (Å²) >= 11 is 3.40. The van der Waals surface area contributed by atoms with E-state index in [9.17, 15) is 9.59 Å². The lowest BCUT2D eigenvalue weighted by Gasteiger charge is -2.08. The highest BCUT2D eigenvalue weighted by atomic mass is 79.9. The number of aryl methyl sites for hydroxylation is 2. The average Bonchev–Trinajstić information content (AvgIpc) is 3.07. The quantitative estimate of drug-likeness (QED) is 0.289. The number of halogens is 1. The van der Waals surface area contributed by atoms with Crippen molar-refractivity contribution in [3.05, 3.63) is 55.1 Å². The van der Waals surface area contributed by atoms with Crippen LogP contribution in [0.15, 0.2) is 43.4 Å². The molecular formula is C20H25BrN6O2. The molecule has 154 valence electrons. The summed E-state index contributed by atoms with van der Waals surface area (Å²) in [4.78, 5) is 31.2. The smallest absolute Gasteiger partial charge is 0.303 e. The SMILES string of the molecule is CCCCCCCn1c(N/N=C/c2ccc(Br)cc2)nc2c1c(=O)[nH]c(=O)n2C. The molecule has 2 aromatic heterocycles. The van der Waals surface area contributed by atoms with Gasteiger partial charge in [-0.15, -0.1) is 0 Å². The summed E-state index contributed by atoms with van der Waals surface area (Å²) in [5, 5.41) is 4.26. The Hall–Kier alpha value is -2.68. The van der Waals surface area contributed by atoms with Gasteiger partial charge in [0.05, 0.1) is 6.21 Å². The van der Waals surface area contributed by atoms with Gasteiger partial charge in [-0.3, -0.25) is 14.3 Å². The first-order valence-corrected chi connectivity index (χ1v) is 10.5. The van der Waals surface area contributed by atoms with Crippen LogP contribution >= 0.6 is 15.9 Å². The van der Waals surface area contributed by atoms with E-state index in [4.69, 9.17) is 0 Å². The van der Waals surface area contributed by atoms with Crippen molar-refractivity contribution in [2.75, 3.05) is 5.43 Å². The maximum absolute atomic E-state index is 12.4. The number of hydrazone groups is 1. The van der Waals surface area contributed by atoms with Crippen LogP contribution in [0, 0.1) is 0 Å². The van der Waals surface area contributed by atoms with E-state index in [1.165, 1.54) is 17.4 Å². The molecule has 0 amide bonds. The van der Waals surface area contributed by atoms with Crippen LogP contribution in [-0.2, 0) is 13.6 Å². The van der Waals surface area contributed by atoms with Crippen molar-refractivity contribution in [2.24, 2.45) is 12.1 Å². The molecule has 0 aliphatic rings. The first-order valence-electron chi connectivity index (χ1n) is 9.75. The van der Waals surface area contributed by atoms with Crippen LogP contribution in [0.25, 0.3) is 11.2 Å². The molecule has 0 atom stereocenters. The Morgan fingerprint density at radius 3 is 2.62 bits per heavy atom. The number of fused-ring (bicyclic) bond motifs is 1. The summed E-state index contributed by atoms with van der Waals surface area (Å²) in [6, 6.07) is 7.73. The van der Waals surface area contributed by atoms with Gasteiger partial charge in [-0.2, -0.15) is 10.1 Å². The Balaban J connectivity index is 1.89. The van der Waals surface area contributed by atoms with E-state index in [1.54, 1.807) is 17.8 Å². The molecule has 3 aromatic rings. The van der Waals surface area contributed by atoms with Crippen molar-refractivity contribution < 1.29 is 0 Å². The number of hydrogen-bond acceptors (Lipinski definition) is 5. The molecule has 0 spiro atoms. The number of unbranched alkanes of at least 4 members (excludes halogenated alkanes) is 4. The summed E-state index contributed by atoms with van der Waals surface area (Å²) in [5.41, 5.74) is 3.66. The Kier molecular flexibility index (Phi) is 7.03. The lowest BCUT2D eigenvalue weighted by molar-refractivity contribution is 0.577. The number of aromatic amines is 1. The predicted octanol–water partition coefficient (Wildman–Crippen LogP) is 3.60. The second-order valence-electron chi connectivity index (χ2n) is 6.91. The number of rotatable bonds is 9. The van der Waals surface area contributed by atoms with Gasteiger partial charge in [0.1, 0.15) is 0 Å². The fourth-order valence-corrected chi connectivity index (χ4v) is 3.39. The molecule has 8 nitrogen and oxygen atoms in total. The van der Waals surface area contributed by atoms with Gasteiger partial charge >= 0.3 is 5.69 Å². The molecule has 0 aliphatic heterocycles. The predicted molar refractivity (Wildman–Crippen MR) is 120 cm³/mol. The minimum Gasteiger partial charge on any atom is -0.303 e. The number of anilines is 1. The van der Waals surface area contributed by atoms with Crippen molar-refractivity contribution in [3.63, 3.8) is 0 Å². The molecule has 0 saturated carbocycles. The zero-order valence-corrected chi connectivity index (χ0v) is 18.2. The Morgan fingerprint density at radius 1 is 1.17 bits per heavy atom. The number of hydrogen-bond donors (Lipinski definition) is 2. The van der Waals surface area contributed by atoms with Crippen LogP contribution in [0.5, 0.6) is 0 Å². The second kappa shape index (κ2) is 9.69. The molecule has 0 aliphatic carbocycles. The topological polar surface area (TPSA) is 97.1 Å². The van der Waals surface area contributed by atoms with Gasteiger partial charge in [0.2, 0.25) is 5.95 Å². The Bertz CT molecular complexity index is 1110. The molecule has 0 fully saturated rings. The van der Waals surface area contributed by atoms with Crippen LogP contribution in [-0.4, -0.2) is 25.3 Å². The molecule has 2 N–H and O–H groups in total. The lowest BCUT2D eigenvalue weighted by atomic mass is 10.1. The van der Waals surface area contributed by atoms with E-state index in [-0.39, 0.29) is 0 Å². The molecule has 2 heterocycles. The van der Waals surface area contributed by atoms with E-state index < -0.39 is 11.2 Å². The summed E-state index contributed by atoms with van der Waals surface area (Å²) in [6.45, 7) is 2.80. The summed E-state index contributed by atoms with van der Waals surface area (Å²) in [6.07, 6.45) is 7.19. The molecule has 29 heavy (non-hydrogen) atoms. The largest absolute Gasteiger partial charge is 0.329 e. The molecule has 0 saturated heterocycles. The van der Waals surface area contributed by atoms with E-state index >= 15 is 0 Å². The fraction of sp³-hybridized carbons (Fsp3) is 0.400. The van der Waals surface area contributed by atoms with Gasteiger partial charge in [-0.1, -0.05) is 60.7 Å². The molecule has 0 bridgehead atoms. The van der Waals surface area contributed by atoms with E-state index in [1.807, 2.05) is 24.3 Å². The fourth-order valence-electron chi connectivity index (χ4n) is 3.12. The number of imidazole rings is 1. The molecule has 9 heteroatoms. The first-order chi connectivity index (χ1) is 14.0.